The van der Waals surface area contributed by atoms with Crippen LogP contribution in [0.15, 0.2) is 65.9 Å². The first-order valence-corrected chi connectivity index (χ1v) is 11.7. The fourth-order valence-electron chi connectivity index (χ4n) is 5.08. The largest absolute Gasteiger partial charge is 0.397 e. The summed E-state index contributed by atoms with van der Waals surface area (Å²) < 4.78 is 0. The molecule has 35 heavy (non-hydrogen) atoms. The lowest BCUT2D eigenvalue weighted by atomic mass is 9.68. The van der Waals surface area contributed by atoms with Crippen molar-refractivity contribution in [2.45, 2.75) is 32.6 Å². The van der Waals surface area contributed by atoms with Crippen molar-refractivity contribution in [2.75, 3.05) is 21.9 Å². The average molecular weight is 485 g/mol. The van der Waals surface area contributed by atoms with Gasteiger partial charge in [-0.1, -0.05) is 61.8 Å². The van der Waals surface area contributed by atoms with Crippen LogP contribution in [0.1, 0.15) is 49.3 Å². The molecule has 2 heterocycles. The number of allylic oxidation sites excluding steroid dienone is 2. The van der Waals surface area contributed by atoms with Crippen molar-refractivity contribution in [3.63, 3.8) is 0 Å². The number of carbonyl (C=O) groups excluding carboxylic acids is 1. The lowest BCUT2D eigenvalue weighted by Crippen LogP contribution is -2.43. The van der Waals surface area contributed by atoms with E-state index in [0.717, 1.165) is 16.9 Å². The van der Waals surface area contributed by atoms with E-state index in [4.69, 9.17) is 23.1 Å². The summed E-state index contributed by atoms with van der Waals surface area (Å²) in [6, 6.07) is 19.1. The predicted molar refractivity (Wildman–Crippen MR) is 139 cm³/mol. The van der Waals surface area contributed by atoms with Gasteiger partial charge in [0.1, 0.15) is 17.5 Å². The van der Waals surface area contributed by atoms with E-state index in [1.54, 1.807) is 11.1 Å². The zero-order chi connectivity index (χ0) is 24.9. The number of nitrogen functional groups attached to an aromatic ring is 2. The van der Waals surface area contributed by atoms with Gasteiger partial charge in [0.05, 0.1) is 17.1 Å². The summed E-state index contributed by atoms with van der Waals surface area (Å²) in [5, 5.41) is 12.1. The summed E-state index contributed by atoms with van der Waals surface area (Å²) in [5.41, 5.74) is 19.7. The van der Waals surface area contributed by atoms with Gasteiger partial charge in [0.15, 0.2) is 11.6 Å². The number of hydrazine groups is 1. The number of ketones is 1. The molecule has 0 bridgehead atoms. The number of rotatable bonds is 3. The molecule has 8 heteroatoms. The molecule has 5 N–H and O–H groups in total. The van der Waals surface area contributed by atoms with Gasteiger partial charge in [0.2, 0.25) is 0 Å². The first kappa shape index (κ1) is 22.8. The quantitative estimate of drug-likeness (QED) is 0.455. The van der Waals surface area contributed by atoms with Crippen molar-refractivity contribution >= 4 is 40.4 Å². The minimum absolute atomic E-state index is 0.0152. The first-order valence-electron chi connectivity index (χ1n) is 11.3. The molecule has 2 aliphatic rings. The SMILES string of the molecule is CC1(C)CC(=O)C2=C(C1)N(Nc1ccccc1)c1nc(N)c(C#N)c(N)c1C2c1ccccc1Cl. The third kappa shape index (κ3) is 3.76. The second-order valence-corrected chi connectivity index (χ2v) is 10.1. The van der Waals surface area contributed by atoms with Crippen molar-refractivity contribution in [2.24, 2.45) is 5.41 Å². The van der Waals surface area contributed by atoms with E-state index in [0.29, 0.717) is 34.8 Å². The van der Waals surface area contributed by atoms with Crippen LogP contribution in [-0.4, -0.2) is 10.8 Å². The molecule has 1 atom stereocenters. The molecule has 1 aliphatic carbocycles. The van der Waals surface area contributed by atoms with Crippen molar-refractivity contribution in [1.29, 1.82) is 5.26 Å². The topological polar surface area (TPSA) is 121 Å². The van der Waals surface area contributed by atoms with Crippen molar-refractivity contribution in [1.82, 2.24) is 4.98 Å². The van der Waals surface area contributed by atoms with Crippen LogP contribution in [0, 0.1) is 16.7 Å². The number of aromatic nitrogens is 1. The van der Waals surface area contributed by atoms with E-state index in [-0.39, 0.29) is 28.3 Å². The molecular weight excluding hydrogens is 460 g/mol. The van der Waals surface area contributed by atoms with E-state index in [1.807, 2.05) is 48.5 Å². The maximum Gasteiger partial charge on any atom is 0.162 e. The molecule has 0 radical (unpaired) electrons. The third-order valence-corrected chi connectivity index (χ3v) is 6.93. The molecule has 0 spiro atoms. The molecule has 0 saturated heterocycles. The Morgan fingerprint density at radius 1 is 1.11 bits per heavy atom. The number of nitrogens with one attached hydrogen (secondary N) is 1. The first-order chi connectivity index (χ1) is 16.7. The van der Waals surface area contributed by atoms with E-state index in [2.05, 4.69) is 30.3 Å². The molecule has 1 aromatic heterocycles. The molecule has 1 unspecified atom stereocenters. The van der Waals surface area contributed by atoms with Gasteiger partial charge >= 0.3 is 0 Å². The van der Waals surface area contributed by atoms with Crippen LogP contribution in [0.3, 0.4) is 0 Å². The lowest BCUT2D eigenvalue weighted by molar-refractivity contribution is -0.118. The van der Waals surface area contributed by atoms with Gasteiger partial charge in [-0.3, -0.25) is 10.2 Å². The Labute approximate surface area is 209 Å². The summed E-state index contributed by atoms with van der Waals surface area (Å²) in [5.74, 6) is -0.0725. The number of fused-ring (bicyclic) bond motifs is 1. The third-order valence-electron chi connectivity index (χ3n) is 6.58. The average Bonchev–Trinajstić information content (AvgIpc) is 2.80. The highest BCUT2D eigenvalue weighted by Gasteiger charge is 2.46. The molecule has 3 aromatic rings. The van der Waals surface area contributed by atoms with Crippen LogP contribution in [0.5, 0.6) is 0 Å². The van der Waals surface area contributed by atoms with Gasteiger partial charge in [-0.2, -0.15) is 5.26 Å². The normalized spacial score (nSPS) is 18.5. The molecule has 7 nitrogen and oxygen atoms in total. The molecule has 2 aromatic carbocycles. The number of pyridine rings is 1. The van der Waals surface area contributed by atoms with Crippen LogP contribution in [-0.2, 0) is 4.79 Å². The highest BCUT2D eigenvalue weighted by Crippen LogP contribution is 2.54. The molecule has 0 saturated carbocycles. The highest BCUT2D eigenvalue weighted by molar-refractivity contribution is 6.31. The maximum absolute atomic E-state index is 13.8. The molecular formula is C27H25ClN6O. The van der Waals surface area contributed by atoms with Gasteiger partial charge in [0.25, 0.3) is 0 Å². The summed E-state index contributed by atoms with van der Waals surface area (Å²) in [6.45, 7) is 4.15. The number of para-hydroxylation sites is 1. The number of hydrogen-bond acceptors (Lipinski definition) is 7. The molecule has 5 rings (SSSR count). The zero-order valence-corrected chi connectivity index (χ0v) is 20.2. The van der Waals surface area contributed by atoms with Crippen LogP contribution in [0.2, 0.25) is 5.02 Å². The van der Waals surface area contributed by atoms with E-state index < -0.39 is 5.92 Å². The smallest absolute Gasteiger partial charge is 0.162 e. The van der Waals surface area contributed by atoms with E-state index in [1.165, 1.54) is 0 Å². The Kier molecular flexibility index (Phi) is 5.42. The van der Waals surface area contributed by atoms with Crippen molar-refractivity contribution < 1.29 is 4.79 Å². The molecule has 1 aliphatic heterocycles. The standard InChI is InChI=1S/C27H25ClN6O/c1-27(2)12-19-22(20(35)13-27)21(16-10-6-7-11-18(16)28)23-24(30)17(14-29)25(31)32-26(23)34(19)33-15-8-4-3-5-9-15/h3-11,21,33H,12-13H2,1-2H3,(H4,30,31,32). The van der Waals surface area contributed by atoms with Crippen LogP contribution >= 0.6 is 11.6 Å². The number of anilines is 4. The Hall–Kier alpha value is -4.02. The van der Waals surface area contributed by atoms with Gasteiger partial charge in [0, 0.05) is 28.5 Å². The maximum atomic E-state index is 13.8. The van der Waals surface area contributed by atoms with Gasteiger partial charge < -0.3 is 11.5 Å². The number of carbonyl (C=O) groups is 1. The summed E-state index contributed by atoms with van der Waals surface area (Å²) >= 11 is 6.67. The number of nitrogens with zero attached hydrogens (tertiary/aromatic N) is 3. The summed E-state index contributed by atoms with van der Waals surface area (Å²) in [6.07, 6.45) is 1.00. The Bertz CT molecular complexity index is 1420. The number of benzene rings is 2. The fourth-order valence-corrected chi connectivity index (χ4v) is 5.32. The highest BCUT2D eigenvalue weighted by atomic mass is 35.5. The lowest BCUT2D eigenvalue weighted by Gasteiger charge is -2.44. The fraction of sp³-hybridized carbons (Fsp3) is 0.222. The minimum atomic E-state index is -0.577. The molecule has 0 fully saturated rings. The van der Waals surface area contributed by atoms with Crippen LogP contribution < -0.4 is 21.9 Å². The monoisotopic (exact) mass is 484 g/mol. The summed E-state index contributed by atoms with van der Waals surface area (Å²) in [4.78, 5) is 18.4. The minimum Gasteiger partial charge on any atom is -0.397 e. The van der Waals surface area contributed by atoms with E-state index >= 15 is 0 Å². The van der Waals surface area contributed by atoms with Gasteiger partial charge in [-0.15, -0.1) is 0 Å². The number of nitrogens with two attached hydrogens (primary N) is 2. The molecule has 0 amide bonds. The zero-order valence-electron chi connectivity index (χ0n) is 19.5. The number of halogens is 1. The second-order valence-electron chi connectivity index (χ2n) is 9.70. The van der Waals surface area contributed by atoms with Crippen LogP contribution in [0.25, 0.3) is 0 Å². The van der Waals surface area contributed by atoms with Crippen molar-refractivity contribution in [3.05, 3.63) is 87.6 Å². The second kappa shape index (κ2) is 8.33. The number of Topliss-reactive ketones (excluding diaryl/α,β-unsaturated/α-hetero) is 1. The predicted octanol–water partition coefficient (Wildman–Crippen LogP) is 5.39. The number of nitriles is 1. The summed E-state index contributed by atoms with van der Waals surface area (Å²) in [7, 11) is 0. The molecule has 176 valence electrons. The van der Waals surface area contributed by atoms with Crippen molar-refractivity contribution in [3.8, 4) is 6.07 Å². The Morgan fingerprint density at radius 3 is 2.49 bits per heavy atom. The van der Waals surface area contributed by atoms with Gasteiger partial charge in [-0.25, -0.2) is 9.99 Å². The van der Waals surface area contributed by atoms with Crippen LogP contribution in [0.4, 0.5) is 23.0 Å². The van der Waals surface area contributed by atoms with Gasteiger partial charge in [-0.05, 0) is 35.6 Å². The Morgan fingerprint density at radius 2 is 1.80 bits per heavy atom. The Balaban J connectivity index is 1.86. The number of hydrogen-bond donors (Lipinski definition) is 3. The van der Waals surface area contributed by atoms with E-state index in [9.17, 15) is 10.1 Å².